The molecule has 3 saturated heterocycles. The quantitative estimate of drug-likeness (QED) is 0.0389. The van der Waals surface area contributed by atoms with Crippen molar-refractivity contribution in [3.05, 3.63) is 124 Å². The summed E-state index contributed by atoms with van der Waals surface area (Å²) in [6.07, 6.45) is 10.1. The molecular weight excluding hydrogens is 989 g/mol. The number of carbonyl (C=O) groups is 6. The number of imide groups is 2. The molecule has 0 bridgehead atoms. The molecule has 0 saturated carbocycles. The van der Waals surface area contributed by atoms with Crippen LogP contribution in [0.5, 0.6) is 0 Å². The fourth-order valence-corrected chi connectivity index (χ4v) is 10.8. The van der Waals surface area contributed by atoms with Gasteiger partial charge < -0.3 is 30.7 Å². The second-order valence-corrected chi connectivity index (χ2v) is 20.6. The Hall–Kier alpha value is -8.07. The van der Waals surface area contributed by atoms with E-state index in [1.54, 1.807) is 22.9 Å². The molecule has 0 aliphatic carbocycles. The number of aryl methyl sites for hydroxylation is 1. The summed E-state index contributed by atoms with van der Waals surface area (Å²) in [7, 11) is 2.11. The third-order valence-corrected chi connectivity index (χ3v) is 15.0. The summed E-state index contributed by atoms with van der Waals surface area (Å²) in [6.45, 7) is 5.73. The molecule has 402 valence electrons. The van der Waals surface area contributed by atoms with Crippen LogP contribution in [0.3, 0.4) is 0 Å². The lowest BCUT2D eigenvalue weighted by molar-refractivity contribution is -0.136. The first-order chi connectivity index (χ1) is 37.3. The number of nitrogens with one attached hydrogen (secondary N) is 5. The Morgan fingerprint density at radius 2 is 1.60 bits per heavy atom. The largest absolute Gasteiger partial charge is 0.380 e. The topological polar surface area (TPSA) is 223 Å². The predicted octanol–water partition coefficient (Wildman–Crippen LogP) is 6.87. The van der Waals surface area contributed by atoms with Crippen molar-refractivity contribution in [2.45, 2.75) is 102 Å². The van der Waals surface area contributed by atoms with Gasteiger partial charge in [-0.1, -0.05) is 43.0 Å². The van der Waals surface area contributed by atoms with Crippen LogP contribution in [-0.4, -0.2) is 134 Å². The number of halogens is 2. The van der Waals surface area contributed by atoms with Gasteiger partial charge in [0.2, 0.25) is 17.7 Å². The highest BCUT2D eigenvalue weighted by Gasteiger charge is 2.45. The molecule has 6 aromatic rings. The van der Waals surface area contributed by atoms with E-state index in [9.17, 15) is 37.5 Å². The molecule has 2 aromatic heterocycles. The van der Waals surface area contributed by atoms with Gasteiger partial charge in [-0.15, -0.1) is 5.10 Å². The smallest absolute Gasteiger partial charge is 0.264 e. The summed E-state index contributed by atoms with van der Waals surface area (Å²) < 4.78 is 29.7. The van der Waals surface area contributed by atoms with Gasteiger partial charge >= 0.3 is 0 Å². The standard InChI is InChI=1S/C56H63F2N13O6/c1-67-22-24-68(25-23-67)41-15-16-42(53(74)62-52-44-29-35(14-17-45(44)64-65-52)26-36-27-37(57)30-38(58)28-36)47(31-41)60-39-10-9-20-69(33-39)50(73)13-6-4-2-3-5-7-21-70-34-40(63-66-70)32-59-46-12-8-11-43-51(46)56(77)71(55(43)76)48-18-19-49(72)61-54(48)75/h8,11-12,14-17,27-31,34,39,48,59-60H,2-7,9-10,13,18-26,32-33H2,1H3,(H,61,72,75)(H2,62,64,65,74). The zero-order chi connectivity index (χ0) is 53.6. The average molecular weight is 1050 g/mol. The van der Waals surface area contributed by atoms with E-state index in [1.165, 1.54) is 12.1 Å². The molecule has 21 heteroatoms. The van der Waals surface area contributed by atoms with Gasteiger partial charge in [0, 0.05) is 93.2 Å². The van der Waals surface area contributed by atoms with Crippen LogP contribution >= 0.6 is 0 Å². The van der Waals surface area contributed by atoms with E-state index in [0.717, 1.165) is 99.8 Å². The van der Waals surface area contributed by atoms with Crippen molar-refractivity contribution >= 4 is 69.2 Å². The van der Waals surface area contributed by atoms with Crippen molar-refractivity contribution < 1.29 is 37.5 Å². The lowest BCUT2D eigenvalue weighted by Gasteiger charge is -2.36. The van der Waals surface area contributed by atoms with Gasteiger partial charge in [0.1, 0.15) is 23.4 Å². The number of carbonyl (C=O) groups excluding carboxylic acids is 6. The molecule has 0 radical (unpaired) electrons. The molecular formula is C56H63F2N13O6. The van der Waals surface area contributed by atoms with Gasteiger partial charge in [-0.2, -0.15) is 5.10 Å². The second-order valence-electron chi connectivity index (χ2n) is 20.6. The van der Waals surface area contributed by atoms with Crippen molar-refractivity contribution in [2.75, 3.05) is 67.2 Å². The number of aromatic nitrogens is 5. The third kappa shape index (κ3) is 12.3. The minimum atomic E-state index is -1.04. The Balaban J connectivity index is 0.674. The number of piperidine rings is 2. The summed E-state index contributed by atoms with van der Waals surface area (Å²) in [6, 6.07) is 18.7. The van der Waals surface area contributed by atoms with E-state index in [2.05, 4.69) is 58.6 Å². The number of hydrogen-bond acceptors (Lipinski definition) is 13. The average Bonchev–Trinajstić information content (AvgIpc) is 4.12. The van der Waals surface area contributed by atoms with Crippen LogP contribution in [0.2, 0.25) is 0 Å². The number of likely N-dealkylation sites (tertiary alicyclic amines) is 1. The van der Waals surface area contributed by atoms with Gasteiger partial charge in [-0.05, 0) is 111 Å². The van der Waals surface area contributed by atoms with E-state index in [-0.39, 0.29) is 48.4 Å². The molecule has 6 heterocycles. The van der Waals surface area contributed by atoms with Crippen molar-refractivity contribution in [3.63, 3.8) is 0 Å². The van der Waals surface area contributed by atoms with E-state index < -0.39 is 41.3 Å². The Labute approximate surface area is 444 Å². The van der Waals surface area contributed by atoms with Crippen LogP contribution in [-0.2, 0) is 33.9 Å². The first kappa shape index (κ1) is 52.4. The number of fused-ring (bicyclic) bond motifs is 2. The first-order valence-corrected chi connectivity index (χ1v) is 26.7. The van der Waals surface area contributed by atoms with Crippen LogP contribution in [0.25, 0.3) is 10.9 Å². The van der Waals surface area contributed by atoms with Crippen LogP contribution in [0.15, 0.2) is 79.0 Å². The fourth-order valence-electron chi connectivity index (χ4n) is 10.8. The number of hydrogen-bond donors (Lipinski definition) is 5. The minimum Gasteiger partial charge on any atom is -0.380 e. The molecule has 2 atom stereocenters. The van der Waals surface area contributed by atoms with E-state index in [0.29, 0.717) is 77.4 Å². The number of nitrogens with zero attached hydrogens (tertiary/aromatic N) is 8. The summed E-state index contributed by atoms with van der Waals surface area (Å²) in [5.41, 5.74) is 5.62. The van der Waals surface area contributed by atoms with Crippen LogP contribution in [0.4, 0.5) is 31.7 Å². The van der Waals surface area contributed by atoms with Gasteiger partial charge in [0.25, 0.3) is 17.7 Å². The molecule has 2 unspecified atom stereocenters. The Morgan fingerprint density at radius 3 is 2.40 bits per heavy atom. The summed E-state index contributed by atoms with van der Waals surface area (Å²) in [5.74, 6) is -3.38. The maximum atomic E-state index is 14.2. The molecule has 5 N–H and O–H groups in total. The maximum Gasteiger partial charge on any atom is 0.264 e. The molecule has 19 nitrogen and oxygen atoms in total. The normalized spacial score (nSPS) is 18.0. The molecule has 77 heavy (non-hydrogen) atoms. The molecule has 4 aromatic carbocycles. The number of piperazine rings is 1. The highest BCUT2D eigenvalue weighted by molar-refractivity contribution is 6.25. The SMILES string of the molecule is CN1CCN(c2ccc(C(=O)Nc3n[nH]c4ccc(Cc5cc(F)cc(F)c5)cc34)c(NC3CCCN(C(=O)CCCCCCCCn4cc(CNc5cccc6c5C(=O)N(C5CCC(=O)NC5=O)C6=O)nn4)C3)c2)CC1. The predicted molar refractivity (Wildman–Crippen MR) is 285 cm³/mol. The number of amides is 6. The molecule has 0 spiro atoms. The molecule has 10 rings (SSSR count). The summed E-state index contributed by atoms with van der Waals surface area (Å²) in [5, 5.41) is 28.7. The number of rotatable bonds is 20. The lowest BCUT2D eigenvalue weighted by atomic mass is 10.0. The minimum absolute atomic E-state index is 0.0466. The highest BCUT2D eigenvalue weighted by Crippen LogP contribution is 2.34. The van der Waals surface area contributed by atoms with Crippen molar-refractivity contribution in [1.29, 1.82) is 0 Å². The molecule has 6 amide bonds. The van der Waals surface area contributed by atoms with Gasteiger partial charge in [0.05, 0.1) is 34.9 Å². The summed E-state index contributed by atoms with van der Waals surface area (Å²) in [4.78, 5) is 86.2. The van der Waals surface area contributed by atoms with Gasteiger partial charge in [0.15, 0.2) is 5.82 Å². The van der Waals surface area contributed by atoms with E-state index in [1.807, 2.05) is 47.5 Å². The number of likely N-dealkylation sites (N-methyl/N-ethyl adjacent to an activating group) is 1. The monoisotopic (exact) mass is 1050 g/mol. The number of H-pyrrole nitrogens is 1. The van der Waals surface area contributed by atoms with Crippen LogP contribution in [0.1, 0.15) is 119 Å². The molecule has 4 aliphatic heterocycles. The first-order valence-electron chi connectivity index (χ1n) is 26.7. The van der Waals surface area contributed by atoms with Crippen molar-refractivity contribution in [2.24, 2.45) is 0 Å². The Bertz CT molecular complexity index is 3190. The zero-order valence-corrected chi connectivity index (χ0v) is 43.1. The fraction of sp³-hybridized carbons (Fsp3) is 0.411. The number of anilines is 4. The number of unbranched alkanes of at least 4 members (excludes halogenated alkanes) is 5. The molecule has 4 aliphatic rings. The molecule has 3 fully saturated rings. The van der Waals surface area contributed by atoms with Crippen molar-refractivity contribution in [3.8, 4) is 0 Å². The maximum absolute atomic E-state index is 14.2. The van der Waals surface area contributed by atoms with Gasteiger partial charge in [-0.3, -0.25) is 48.8 Å². The van der Waals surface area contributed by atoms with E-state index in [4.69, 9.17) is 0 Å². The Kier molecular flexibility index (Phi) is 15.9. The summed E-state index contributed by atoms with van der Waals surface area (Å²) >= 11 is 0. The van der Waals surface area contributed by atoms with Crippen molar-refractivity contribution in [1.82, 2.24) is 45.2 Å². The lowest BCUT2D eigenvalue weighted by Crippen LogP contribution is -2.54. The highest BCUT2D eigenvalue weighted by atomic mass is 19.1. The Morgan fingerprint density at radius 1 is 0.805 bits per heavy atom. The van der Waals surface area contributed by atoms with Gasteiger partial charge in [-0.25, -0.2) is 8.78 Å². The zero-order valence-electron chi connectivity index (χ0n) is 43.1. The second kappa shape index (κ2) is 23.4. The van der Waals surface area contributed by atoms with Crippen LogP contribution < -0.4 is 26.2 Å². The number of aromatic amines is 1. The third-order valence-electron chi connectivity index (χ3n) is 15.0. The van der Waals surface area contributed by atoms with E-state index >= 15 is 0 Å². The van der Waals surface area contributed by atoms with Crippen LogP contribution in [0, 0.1) is 11.6 Å². The number of benzene rings is 4.